The summed E-state index contributed by atoms with van der Waals surface area (Å²) in [6.45, 7) is 3.64. The van der Waals surface area contributed by atoms with E-state index in [-0.39, 0.29) is 11.6 Å². The summed E-state index contributed by atoms with van der Waals surface area (Å²) in [5.74, 6) is -0.460. The van der Waals surface area contributed by atoms with Crippen molar-refractivity contribution in [2.24, 2.45) is 5.73 Å². The Morgan fingerprint density at radius 2 is 1.54 bits per heavy atom. The summed E-state index contributed by atoms with van der Waals surface area (Å²) in [5.41, 5.74) is 6.88. The molecule has 0 unspecified atom stereocenters. The zero-order chi connectivity index (χ0) is 17.2. The number of nitrogens with one attached hydrogen (secondary N) is 2. The van der Waals surface area contributed by atoms with E-state index in [1.807, 2.05) is 11.0 Å². The van der Waals surface area contributed by atoms with Gasteiger partial charge in [-0.15, -0.1) is 0 Å². The Morgan fingerprint density at radius 3 is 2.25 bits per heavy atom. The van der Waals surface area contributed by atoms with Crippen LogP contribution in [-0.4, -0.2) is 37.7 Å². The lowest BCUT2D eigenvalue weighted by Gasteiger charge is -2.21. The van der Waals surface area contributed by atoms with Gasteiger partial charge in [0.2, 0.25) is 0 Å². The number of nitrogens with two attached hydrogens (primary N) is 1. The normalized spacial score (nSPS) is 11.0. The van der Waals surface area contributed by atoms with E-state index in [0.717, 1.165) is 6.54 Å². The van der Waals surface area contributed by atoms with Gasteiger partial charge < -0.3 is 16.4 Å². The number of benzene rings is 2. The highest BCUT2D eigenvalue weighted by Crippen LogP contribution is 2.11. The molecule has 0 spiro atoms. The summed E-state index contributed by atoms with van der Waals surface area (Å²) in [6.07, 6.45) is 0. The van der Waals surface area contributed by atoms with E-state index >= 15 is 0 Å². The molecule has 0 amide bonds. The Hall–Kier alpha value is -2.02. The molecule has 2 aromatic rings. The highest BCUT2D eigenvalue weighted by atomic mass is 19.1. The fourth-order valence-corrected chi connectivity index (χ4v) is 2.35. The van der Waals surface area contributed by atoms with Gasteiger partial charge in [-0.3, -0.25) is 4.90 Å². The maximum atomic E-state index is 13.5. The van der Waals surface area contributed by atoms with E-state index < -0.39 is 0 Å². The number of halogens is 2. The molecule has 130 valence electrons. The average molecular weight is 334 g/mol. The molecule has 0 saturated heterocycles. The number of hydrogen-bond acceptors (Lipinski definition) is 4. The van der Waals surface area contributed by atoms with Gasteiger partial charge in [0.25, 0.3) is 0 Å². The van der Waals surface area contributed by atoms with Crippen molar-refractivity contribution in [1.29, 1.82) is 0 Å². The molecule has 0 aliphatic heterocycles. The molecule has 2 rings (SSSR count). The number of para-hydroxylation sites is 1. The summed E-state index contributed by atoms with van der Waals surface area (Å²) in [6, 6.07) is 13.3. The predicted octanol–water partition coefficient (Wildman–Crippen LogP) is 2.38. The molecule has 0 aromatic heterocycles. The van der Waals surface area contributed by atoms with Crippen molar-refractivity contribution in [2.75, 3.05) is 38.2 Å². The second-order valence-electron chi connectivity index (χ2n) is 5.48. The maximum absolute atomic E-state index is 13.5. The molecule has 0 heterocycles. The van der Waals surface area contributed by atoms with Crippen LogP contribution in [0, 0.1) is 11.6 Å². The summed E-state index contributed by atoms with van der Waals surface area (Å²) in [7, 11) is 0. The van der Waals surface area contributed by atoms with Gasteiger partial charge in [0.1, 0.15) is 11.6 Å². The first kappa shape index (κ1) is 18.3. The summed E-state index contributed by atoms with van der Waals surface area (Å²) < 4.78 is 27.0. The highest BCUT2D eigenvalue weighted by molar-refractivity contribution is 5.44. The monoisotopic (exact) mass is 334 g/mol. The molecule has 0 bridgehead atoms. The van der Waals surface area contributed by atoms with Gasteiger partial charge in [0, 0.05) is 45.0 Å². The van der Waals surface area contributed by atoms with Gasteiger partial charge in [0.05, 0.1) is 5.69 Å². The first-order valence-corrected chi connectivity index (χ1v) is 8.05. The Balaban J connectivity index is 1.65. The quantitative estimate of drug-likeness (QED) is 0.461. The van der Waals surface area contributed by atoms with Crippen LogP contribution in [0.25, 0.3) is 0 Å². The molecule has 0 aliphatic carbocycles. The molecular weight excluding hydrogens is 310 g/mol. The lowest BCUT2D eigenvalue weighted by atomic mass is 10.2. The largest absolute Gasteiger partial charge is 0.381 e. The number of rotatable bonds is 10. The Morgan fingerprint density at radius 1 is 0.875 bits per heavy atom. The van der Waals surface area contributed by atoms with E-state index in [4.69, 9.17) is 5.73 Å². The van der Waals surface area contributed by atoms with Gasteiger partial charge in [0.15, 0.2) is 0 Å². The molecule has 0 saturated carbocycles. The van der Waals surface area contributed by atoms with Crippen molar-refractivity contribution in [3.05, 3.63) is 65.7 Å². The van der Waals surface area contributed by atoms with Crippen molar-refractivity contribution < 1.29 is 8.78 Å². The minimum atomic E-state index is -0.261. The lowest BCUT2D eigenvalue weighted by Crippen LogP contribution is -2.38. The van der Waals surface area contributed by atoms with E-state index in [9.17, 15) is 8.78 Å². The van der Waals surface area contributed by atoms with E-state index in [2.05, 4.69) is 10.6 Å². The van der Waals surface area contributed by atoms with Crippen LogP contribution in [0.2, 0.25) is 0 Å². The summed E-state index contributed by atoms with van der Waals surface area (Å²) in [4.78, 5) is 2.04. The predicted molar refractivity (Wildman–Crippen MR) is 93.6 cm³/mol. The number of hydrogen-bond donors (Lipinski definition) is 3. The van der Waals surface area contributed by atoms with Crippen LogP contribution in [0.5, 0.6) is 0 Å². The smallest absolute Gasteiger partial charge is 0.146 e. The molecule has 0 aliphatic rings. The van der Waals surface area contributed by atoms with Gasteiger partial charge in [-0.25, -0.2) is 8.78 Å². The fraction of sp³-hybridized carbons (Fsp3) is 0.333. The number of anilines is 1. The molecule has 0 fully saturated rings. The third-order valence-corrected chi connectivity index (χ3v) is 3.75. The van der Waals surface area contributed by atoms with Crippen LogP contribution in [0.1, 0.15) is 5.56 Å². The second-order valence-corrected chi connectivity index (χ2v) is 5.48. The molecule has 4 N–H and O–H groups in total. The summed E-state index contributed by atoms with van der Waals surface area (Å²) in [5, 5.41) is 6.27. The lowest BCUT2D eigenvalue weighted by molar-refractivity contribution is 0.290. The van der Waals surface area contributed by atoms with Gasteiger partial charge in [-0.1, -0.05) is 30.3 Å². The zero-order valence-electron chi connectivity index (χ0n) is 13.6. The van der Waals surface area contributed by atoms with Gasteiger partial charge in [-0.2, -0.15) is 0 Å². The van der Waals surface area contributed by atoms with Crippen LogP contribution in [0.3, 0.4) is 0 Å². The molecular formula is C18H24F2N4. The third kappa shape index (κ3) is 5.88. The van der Waals surface area contributed by atoms with Crippen molar-refractivity contribution >= 4 is 5.69 Å². The Kier molecular flexibility index (Phi) is 7.61. The SMILES string of the molecule is NCN(CCNCc1ccccc1F)CCNc1ccccc1F. The molecule has 24 heavy (non-hydrogen) atoms. The molecule has 2 aromatic carbocycles. The first-order chi connectivity index (χ1) is 11.7. The Labute approximate surface area is 141 Å². The molecule has 4 nitrogen and oxygen atoms in total. The molecule has 0 atom stereocenters. The third-order valence-electron chi connectivity index (χ3n) is 3.75. The van der Waals surface area contributed by atoms with Crippen molar-refractivity contribution in [1.82, 2.24) is 10.2 Å². The van der Waals surface area contributed by atoms with Crippen LogP contribution < -0.4 is 16.4 Å². The van der Waals surface area contributed by atoms with Gasteiger partial charge >= 0.3 is 0 Å². The fourth-order valence-electron chi connectivity index (χ4n) is 2.35. The molecule has 6 heteroatoms. The van der Waals surface area contributed by atoms with Gasteiger partial charge in [-0.05, 0) is 18.2 Å². The zero-order valence-corrected chi connectivity index (χ0v) is 13.6. The van der Waals surface area contributed by atoms with Crippen molar-refractivity contribution in [3.8, 4) is 0 Å². The minimum absolute atomic E-state index is 0.199. The second kappa shape index (κ2) is 9.97. The minimum Gasteiger partial charge on any atom is -0.381 e. The van der Waals surface area contributed by atoms with Crippen molar-refractivity contribution in [3.63, 3.8) is 0 Å². The van der Waals surface area contributed by atoms with E-state index in [1.54, 1.807) is 30.3 Å². The van der Waals surface area contributed by atoms with Crippen LogP contribution in [0.4, 0.5) is 14.5 Å². The first-order valence-electron chi connectivity index (χ1n) is 8.05. The molecule has 0 radical (unpaired) electrons. The summed E-state index contributed by atoms with van der Waals surface area (Å²) >= 11 is 0. The van der Waals surface area contributed by atoms with Crippen LogP contribution in [0.15, 0.2) is 48.5 Å². The maximum Gasteiger partial charge on any atom is 0.146 e. The number of nitrogens with zero attached hydrogens (tertiary/aromatic N) is 1. The average Bonchev–Trinajstić information content (AvgIpc) is 2.60. The van der Waals surface area contributed by atoms with Crippen molar-refractivity contribution in [2.45, 2.75) is 6.54 Å². The standard InChI is InChI=1S/C18H24F2N4/c19-16-6-2-1-5-15(16)13-22-9-11-24(14-21)12-10-23-18-8-4-3-7-17(18)20/h1-8,22-23H,9-14,21H2. The highest BCUT2D eigenvalue weighted by Gasteiger charge is 2.04. The van der Waals surface area contributed by atoms with Crippen LogP contribution >= 0.6 is 0 Å². The topological polar surface area (TPSA) is 53.3 Å². The Bertz CT molecular complexity index is 621. The van der Waals surface area contributed by atoms with E-state index in [1.165, 1.54) is 12.1 Å². The van der Waals surface area contributed by atoms with Crippen LogP contribution in [-0.2, 0) is 6.54 Å². The van der Waals surface area contributed by atoms with E-state index in [0.29, 0.717) is 44.1 Å².